The van der Waals surface area contributed by atoms with Crippen LogP contribution >= 0.6 is 11.6 Å². The number of rotatable bonds is 4. The molecule has 1 saturated carbocycles. The van der Waals surface area contributed by atoms with Crippen molar-refractivity contribution in [1.29, 1.82) is 0 Å². The molecule has 1 heterocycles. The van der Waals surface area contributed by atoms with Crippen molar-refractivity contribution >= 4 is 11.6 Å². The number of nitrogens with zero attached hydrogens (tertiary/aromatic N) is 2. The summed E-state index contributed by atoms with van der Waals surface area (Å²) in [7, 11) is 4.32. The van der Waals surface area contributed by atoms with Crippen molar-refractivity contribution < 1.29 is 0 Å². The summed E-state index contributed by atoms with van der Waals surface area (Å²) in [4.78, 5) is 6.38. The van der Waals surface area contributed by atoms with Crippen LogP contribution in [0.1, 0.15) is 38.2 Å². The van der Waals surface area contributed by atoms with Crippen LogP contribution in [0.15, 0.2) is 18.5 Å². The van der Waals surface area contributed by atoms with Gasteiger partial charge in [0.2, 0.25) is 0 Å². The van der Waals surface area contributed by atoms with E-state index in [1.54, 1.807) is 12.4 Å². The molecule has 1 aromatic rings. The molecule has 4 heteroatoms. The fourth-order valence-electron chi connectivity index (χ4n) is 3.64. The van der Waals surface area contributed by atoms with Crippen LogP contribution in [0.2, 0.25) is 5.02 Å². The Hall–Kier alpha value is -0.640. The van der Waals surface area contributed by atoms with Crippen molar-refractivity contribution in [3.05, 3.63) is 29.0 Å². The molecule has 2 N–H and O–H groups in total. The standard InChI is InChI=1S/C16H26ClN3/c1-12-5-4-7-16(10-12,20(2)3)15(18)9-13-6-8-19-11-14(13)17/h6,8,11-12,15H,4-5,7,9-10,18H2,1-3H3. The molecule has 0 radical (unpaired) electrons. The summed E-state index contributed by atoms with van der Waals surface area (Å²) in [5, 5.41) is 0.723. The summed E-state index contributed by atoms with van der Waals surface area (Å²) in [6.07, 6.45) is 9.23. The molecule has 3 nitrogen and oxygen atoms in total. The van der Waals surface area contributed by atoms with Gasteiger partial charge in [0.25, 0.3) is 0 Å². The number of nitrogens with two attached hydrogens (primary N) is 1. The van der Waals surface area contributed by atoms with E-state index >= 15 is 0 Å². The molecule has 112 valence electrons. The molecule has 0 bridgehead atoms. The molecule has 0 aromatic carbocycles. The van der Waals surface area contributed by atoms with E-state index in [1.807, 2.05) is 6.07 Å². The highest BCUT2D eigenvalue weighted by Gasteiger charge is 2.42. The summed E-state index contributed by atoms with van der Waals surface area (Å²) in [5.74, 6) is 0.741. The van der Waals surface area contributed by atoms with Crippen molar-refractivity contribution in [3.8, 4) is 0 Å². The van der Waals surface area contributed by atoms with Crippen LogP contribution < -0.4 is 5.73 Å². The third kappa shape index (κ3) is 3.16. The average molecular weight is 296 g/mol. The first kappa shape index (κ1) is 15.7. The zero-order valence-corrected chi connectivity index (χ0v) is 13.5. The van der Waals surface area contributed by atoms with Gasteiger partial charge < -0.3 is 10.6 Å². The van der Waals surface area contributed by atoms with E-state index in [2.05, 4.69) is 30.9 Å². The van der Waals surface area contributed by atoms with Gasteiger partial charge in [0, 0.05) is 24.0 Å². The maximum absolute atomic E-state index is 6.63. The van der Waals surface area contributed by atoms with E-state index in [0.717, 1.165) is 22.9 Å². The highest BCUT2D eigenvalue weighted by Crippen LogP contribution is 2.38. The van der Waals surface area contributed by atoms with Gasteiger partial charge in [-0.25, -0.2) is 0 Å². The van der Waals surface area contributed by atoms with Gasteiger partial charge in [-0.05, 0) is 50.9 Å². The number of hydrogen-bond donors (Lipinski definition) is 1. The fraction of sp³-hybridized carbons (Fsp3) is 0.688. The maximum Gasteiger partial charge on any atom is 0.0621 e. The van der Waals surface area contributed by atoms with E-state index in [9.17, 15) is 0 Å². The number of likely N-dealkylation sites (N-methyl/N-ethyl adjacent to an activating group) is 1. The lowest BCUT2D eigenvalue weighted by Gasteiger charge is -2.49. The van der Waals surface area contributed by atoms with Crippen LogP contribution in [-0.4, -0.2) is 35.6 Å². The lowest BCUT2D eigenvalue weighted by molar-refractivity contribution is 0.0504. The molecular weight excluding hydrogens is 270 g/mol. The quantitative estimate of drug-likeness (QED) is 0.928. The molecule has 0 spiro atoms. The van der Waals surface area contributed by atoms with Crippen LogP contribution in [0.4, 0.5) is 0 Å². The Labute approximate surface area is 127 Å². The van der Waals surface area contributed by atoms with Crippen LogP contribution in [-0.2, 0) is 6.42 Å². The van der Waals surface area contributed by atoms with E-state index in [1.165, 1.54) is 25.7 Å². The Bertz CT molecular complexity index is 449. The molecule has 2 rings (SSSR count). The van der Waals surface area contributed by atoms with Gasteiger partial charge in [0.1, 0.15) is 0 Å². The summed E-state index contributed by atoms with van der Waals surface area (Å²) < 4.78 is 0. The van der Waals surface area contributed by atoms with Crippen LogP contribution in [0, 0.1) is 5.92 Å². The third-order valence-electron chi connectivity index (χ3n) is 4.89. The van der Waals surface area contributed by atoms with Crippen LogP contribution in [0.3, 0.4) is 0 Å². The van der Waals surface area contributed by atoms with E-state index in [0.29, 0.717) is 0 Å². The number of aromatic nitrogens is 1. The van der Waals surface area contributed by atoms with Gasteiger partial charge in [0.05, 0.1) is 5.02 Å². The summed E-state index contributed by atoms with van der Waals surface area (Å²) >= 11 is 6.23. The van der Waals surface area contributed by atoms with E-state index in [-0.39, 0.29) is 11.6 Å². The molecule has 0 aliphatic heterocycles. The highest BCUT2D eigenvalue weighted by molar-refractivity contribution is 6.31. The fourth-order valence-corrected chi connectivity index (χ4v) is 3.83. The number of hydrogen-bond acceptors (Lipinski definition) is 3. The molecule has 20 heavy (non-hydrogen) atoms. The Kier molecular flexibility index (Phi) is 5.05. The first-order valence-electron chi connectivity index (χ1n) is 7.47. The molecular formula is C16H26ClN3. The lowest BCUT2D eigenvalue weighted by Crippen LogP contribution is -2.60. The third-order valence-corrected chi connectivity index (χ3v) is 5.23. The first-order valence-corrected chi connectivity index (χ1v) is 7.85. The SMILES string of the molecule is CC1CCCC(C(N)Cc2ccncc2Cl)(N(C)C)C1. The van der Waals surface area contributed by atoms with Gasteiger partial charge in [0.15, 0.2) is 0 Å². The van der Waals surface area contributed by atoms with Gasteiger partial charge in [-0.2, -0.15) is 0 Å². The monoisotopic (exact) mass is 295 g/mol. The van der Waals surface area contributed by atoms with E-state index < -0.39 is 0 Å². The van der Waals surface area contributed by atoms with Crippen LogP contribution in [0.25, 0.3) is 0 Å². The Morgan fingerprint density at radius 3 is 2.90 bits per heavy atom. The van der Waals surface area contributed by atoms with Gasteiger partial charge in [-0.1, -0.05) is 31.4 Å². The second-order valence-corrected chi connectivity index (χ2v) is 6.88. The second kappa shape index (κ2) is 6.42. The topological polar surface area (TPSA) is 42.1 Å². The number of halogens is 1. The zero-order chi connectivity index (χ0) is 14.8. The van der Waals surface area contributed by atoms with Crippen molar-refractivity contribution in [1.82, 2.24) is 9.88 Å². The largest absolute Gasteiger partial charge is 0.326 e. The molecule has 1 fully saturated rings. The molecule has 0 saturated heterocycles. The van der Waals surface area contributed by atoms with Crippen molar-refractivity contribution in [2.75, 3.05) is 14.1 Å². The minimum atomic E-state index is 0.0876. The molecule has 1 aromatic heterocycles. The average Bonchev–Trinajstić information content (AvgIpc) is 2.41. The minimum Gasteiger partial charge on any atom is -0.326 e. The summed E-state index contributed by atoms with van der Waals surface area (Å²) in [6.45, 7) is 2.34. The smallest absolute Gasteiger partial charge is 0.0621 e. The van der Waals surface area contributed by atoms with Crippen molar-refractivity contribution in [2.45, 2.75) is 50.6 Å². The van der Waals surface area contributed by atoms with Crippen molar-refractivity contribution in [3.63, 3.8) is 0 Å². The summed E-state index contributed by atoms with van der Waals surface area (Å²) in [6, 6.07) is 2.08. The number of pyridine rings is 1. The first-order chi connectivity index (χ1) is 9.45. The molecule has 1 aliphatic rings. The predicted octanol–water partition coefficient (Wildman–Crippen LogP) is 3.12. The Morgan fingerprint density at radius 2 is 2.30 bits per heavy atom. The maximum atomic E-state index is 6.63. The minimum absolute atomic E-state index is 0.0876. The normalized spacial score (nSPS) is 28.6. The predicted molar refractivity (Wildman–Crippen MR) is 85.0 cm³/mol. The molecule has 3 unspecified atom stereocenters. The lowest BCUT2D eigenvalue weighted by atomic mass is 9.70. The van der Waals surface area contributed by atoms with Gasteiger partial charge >= 0.3 is 0 Å². The molecule has 3 atom stereocenters. The van der Waals surface area contributed by atoms with Crippen LogP contribution in [0.5, 0.6) is 0 Å². The van der Waals surface area contributed by atoms with Gasteiger partial charge in [-0.3, -0.25) is 4.98 Å². The second-order valence-electron chi connectivity index (χ2n) is 6.48. The Morgan fingerprint density at radius 1 is 1.55 bits per heavy atom. The summed E-state index contributed by atoms with van der Waals surface area (Å²) in [5.41, 5.74) is 7.82. The molecule has 0 amide bonds. The highest BCUT2D eigenvalue weighted by atomic mass is 35.5. The van der Waals surface area contributed by atoms with Crippen molar-refractivity contribution in [2.24, 2.45) is 11.7 Å². The Balaban J connectivity index is 2.19. The molecule has 1 aliphatic carbocycles. The van der Waals surface area contributed by atoms with E-state index in [4.69, 9.17) is 17.3 Å². The zero-order valence-electron chi connectivity index (χ0n) is 12.8. The van der Waals surface area contributed by atoms with Gasteiger partial charge in [-0.15, -0.1) is 0 Å².